The minimum atomic E-state index is -4.63. The van der Waals surface area contributed by atoms with Crippen LogP contribution >= 0.6 is 0 Å². The van der Waals surface area contributed by atoms with E-state index in [4.69, 9.17) is 9.47 Å². The number of ether oxygens (including phenoxy) is 2. The first-order valence-corrected chi connectivity index (χ1v) is 11.0. The van der Waals surface area contributed by atoms with Crippen LogP contribution in [0.25, 0.3) is 33.3 Å². The second-order valence-electron chi connectivity index (χ2n) is 8.10. The lowest BCUT2D eigenvalue weighted by atomic mass is 10.0. The fraction of sp³-hybridized carbons (Fsp3) is 0.240. The number of carbonyl (C=O) groups is 1. The van der Waals surface area contributed by atoms with Gasteiger partial charge in [-0.1, -0.05) is 6.07 Å². The van der Waals surface area contributed by atoms with Crippen LogP contribution in [-0.2, 0) is 10.9 Å². The van der Waals surface area contributed by atoms with Gasteiger partial charge in [0.15, 0.2) is 0 Å². The number of carbonyl (C=O) groups excluding carboxylic acids is 1. The van der Waals surface area contributed by atoms with Gasteiger partial charge in [-0.15, -0.1) is 0 Å². The number of morpholine rings is 1. The predicted molar refractivity (Wildman–Crippen MR) is 124 cm³/mol. The highest BCUT2D eigenvalue weighted by Crippen LogP contribution is 2.38. The molecule has 1 aromatic carbocycles. The quantitative estimate of drug-likeness (QED) is 0.418. The lowest BCUT2D eigenvalue weighted by molar-refractivity contribution is -0.139. The van der Waals surface area contributed by atoms with E-state index in [0.717, 1.165) is 13.2 Å². The molecule has 1 amide bonds. The third-order valence-corrected chi connectivity index (χ3v) is 5.88. The molecule has 36 heavy (non-hydrogen) atoms. The molecule has 8 nitrogen and oxygen atoms in total. The number of nitrogens with zero attached hydrogens (tertiary/aromatic N) is 5. The molecule has 4 aromatic rings. The SMILES string of the molecule is COc1ncc(-c2ccc3ncnc(-c4cncc(C(=O)N5CCOCC5)c4)c3c2)cc1C(F)(F)F. The zero-order valence-electron chi connectivity index (χ0n) is 19.1. The van der Waals surface area contributed by atoms with Crippen LogP contribution in [0.1, 0.15) is 15.9 Å². The number of amides is 1. The van der Waals surface area contributed by atoms with E-state index >= 15 is 0 Å². The number of hydrogen-bond acceptors (Lipinski definition) is 7. The molecule has 1 aliphatic heterocycles. The lowest BCUT2D eigenvalue weighted by Crippen LogP contribution is -2.40. The molecule has 1 fully saturated rings. The first kappa shape index (κ1) is 23.6. The number of pyridine rings is 2. The monoisotopic (exact) mass is 495 g/mol. The second kappa shape index (κ2) is 9.50. The van der Waals surface area contributed by atoms with Crippen LogP contribution in [0.3, 0.4) is 0 Å². The second-order valence-corrected chi connectivity index (χ2v) is 8.10. The van der Waals surface area contributed by atoms with Crippen molar-refractivity contribution in [3.8, 4) is 28.3 Å². The molecule has 3 aromatic heterocycles. The van der Waals surface area contributed by atoms with Crippen LogP contribution in [0.2, 0.25) is 0 Å². The summed E-state index contributed by atoms with van der Waals surface area (Å²) in [6.45, 7) is 1.96. The molecule has 1 aliphatic rings. The average Bonchev–Trinajstić information content (AvgIpc) is 2.91. The summed E-state index contributed by atoms with van der Waals surface area (Å²) in [5.74, 6) is -0.653. The van der Waals surface area contributed by atoms with Gasteiger partial charge in [0.1, 0.15) is 11.9 Å². The molecular formula is C25H20F3N5O3. The number of hydrogen-bond donors (Lipinski definition) is 0. The Morgan fingerprint density at radius 3 is 2.53 bits per heavy atom. The van der Waals surface area contributed by atoms with E-state index in [0.29, 0.717) is 59.6 Å². The van der Waals surface area contributed by atoms with Gasteiger partial charge in [0.25, 0.3) is 5.91 Å². The molecule has 0 radical (unpaired) electrons. The van der Waals surface area contributed by atoms with E-state index < -0.39 is 17.6 Å². The zero-order valence-corrected chi connectivity index (χ0v) is 19.1. The highest BCUT2D eigenvalue weighted by molar-refractivity contribution is 5.98. The Labute approximate surface area is 203 Å². The highest BCUT2D eigenvalue weighted by atomic mass is 19.4. The average molecular weight is 495 g/mol. The molecule has 11 heteroatoms. The Morgan fingerprint density at radius 2 is 1.78 bits per heavy atom. The third kappa shape index (κ3) is 4.57. The fourth-order valence-corrected chi connectivity index (χ4v) is 4.08. The summed E-state index contributed by atoms with van der Waals surface area (Å²) in [5, 5.41) is 0.595. The topological polar surface area (TPSA) is 90.3 Å². The summed E-state index contributed by atoms with van der Waals surface area (Å²) in [6, 6.07) is 7.77. The molecule has 0 atom stereocenters. The van der Waals surface area contributed by atoms with Gasteiger partial charge in [-0.3, -0.25) is 9.78 Å². The van der Waals surface area contributed by atoms with E-state index in [1.807, 2.05) is 0 Å². The minimum Gasteiger partial charge on any atom is -0.481 e. The molecular weight excluding hydrogens is 475 g/mol. The van der Waals surface area contributed by atoms with Crippen LogP contribution in [0.15, 0.2) is 55.2 Å². The van der Waals surface area contributed by atoms with Gasteiger partial charge in [-0.25, -0.2) is 15.0 Å². The number of halogens is 3. The first-order valence-electron chi connectivity index (χ1n) is 11.0. The Morgan fingerprint density at radius 1 is 0.972 bits per heavy atom. The maximum atomic E-state index is 13.5. The summed E-state index contributed by atoms with van der Waals surface area (Å²) in [4.78, 5) is 31.4. The highest BCUT2D eigenvalue weighted by Gasteiger charge is 2.35. The molecule has 0 aliphatic carbocycles. The summed E-state index contributed by atoms with van der Waals surface area (Å²) >= 11 is 0. The number of aromatic nitrogens is 4. The van der Waals surface area contributed by atoms with Gasteiger partial charge in [0, 0.05) is 48.2 Å². The number of benzene rings is 1. The van der Waals surface area contributed by atoms with Crippen molar-refractivity contribution in [2.24, 2.45) is 0 Å². The number of alkyl halides is 3. The third-order valence-electron chi connectivity index (χ3n) is 5.88. The zero-order chi connectivity index (χ0) is 25.3. The molecule has 0 spiro atoms. The number of fused-ring (bicyclic) bond motifs is 1. The first-order chi connectivity index (χ1) is 17.3. The predicted octanol–water partition coefficient (Wildman–Crippen LogP) is 4.25. The maximum Gasteiger partial charge on any atom is 0.421 e. The van der Waals surface area contributed by atoms with Gasteiger partial charge in [0.2, 0.25) is 5.88 Å². The molecule has 5 rings (SSSR count). The van der Waals surface area contributed by atoms with Crippen LogP contribution < -0.4 is 4.74 Å². The molecule has 0 bridgehead atoms. The Balaban J connectivity index is 1.57. The maximum absolute atomic E-state index is 13.5. The van der Waals surface area contributed by atoms with E-state index in [1.54, 1.807) is 35.4 Å². The van der Waals surface area contributed by atoms with Gasteiger partial charge in [-0.05, 0) is 29.8 Å². The fourth-order valence-electron chi connectivity index (χ4n) is 4.08. The van der Waals surface area contributed by atoms with E-state index in [2.05, 4.69) is 19.9 Å². The van der Waals surface area contributed by atoms with E-state index in [9.17, 15) is 18.0 Å². The van der Waals surface area contributed by atoms with Crippen LogP contribution in [-0.4, -0.2) is 64.2 Å². The van der Waals surface area contributed by atoms with Crippen LogP contribution in [0.5, 0.6) is 5.88 Å². The van der Waals surface area contributed by atoms with Crippen molar-refractivity contribution >= 4 is 16.8 Å². The van der Waals surface area contributed by atoms with Crippen molar-refractivity contribution < 1.29 is 27.4 Å². The van der Waals surface area contributed by atoms with E-state index in [-0.39, 0.29) is 11.5 Å². The van der Waals surface area contributed by atoms with Crippen molar-refractivity contribution in [3.63, 3.8) is 0 Å². The Kier molecular flexibility index (Phi) is 6.23. The number of methoxy groups -OCH3 is 1. The van der Waals surface area contributed by atoms with Crippen LogP contribution in [0, 0.1) is 0 Å². The van der Waals surface area contributed by atoms with E-state index in [1.165, 1.54) is 18.7 Å². The summed E-state index contributed by atoms with van der Waals surface area (Å²) in [5.41, 5.74) is 1.87. The normalized spacial score (nSPS) is 14.2. The van der Waals surface area contributed by atoms with Gasteiger partial charge < -0.3 is 14.4 Å². The summed E-state index contributed by atoms with van der Waals surface area (Å²) < 4.78 is 50.7. The molecule has 0 saturated carbocycles. The largest absolute Gasteiger partial charge is 0.481 e. The van der Waals surface area contributed by atoms with Gasteiger partial charge in [-0.2, -0.15) is 13.2 Å². The molecule has 184 valence electrons. The minimum absolute atomic E-state index is 0.157. The summed E-state index contributed by atoms with van der Waals surface area (Å²) in [6.07, 6.45) is 1.17. The lowest BCUT2D eigenvalue weighted by Gasteiger charge is -2.26. The van der Waals surface area contributed by atoms with Gasteiger partial charge in [0.05, 0.1) is 37.1 Å². The van der Waals surface area contributed by atoms with Crippen molar-refractivity contribution in [1.82, 2.24) is 24.8 Å². The Bertz CT molecular complexity index is 1440. The Hall–Kier alpha value is -4.12. The van der Waals surface area contributed by atoms with Gasteiger partial charge >= 0.3 is 6.18 Å². The summed E-state index contributed by atoms with van der Waals surface area (Å²) in [7, 11) is 1.14. The molecule has 1 saturated heterocycles. The molecule has 0 unspecified atom stereocenters. The standard InChI is InChI=1S/C25H20F3N5O3/c1-35-23-20(25(26,27)28)10-16(13-30-23)15-2-3-21-19(9-15)22(32-14-31-21)17-8-18(12-29-11-17)24(34)33-4-6-36-7-5-33/h2-3,8-14H,4-7H2,1H3. The van der Waals surface area contributed by atoms with Crippen molar-refractivity contribution in [3.05, 3.63) is 66.4 Å². The van der Waals surface area contributed by atoms with Crippen molar-refractivity contribution in [2.75, 3.05) is 33.4 Å². The molecule has 4 heterocycles. The van der Waals surface area contributed by atoms with Crippen molar-refractivity contribution in [2.45, 2.75) is 6.18 Å². The molecule has 0 N–H and O–H groups in total. The smallest absolute Gasteiger partial charge is 0.421 e. The van der Waals surface area contributed by atoms with Crippen molar-refractivity contribution in [1.29, 1.82) is 0 Å². The number of rotatable bonds is 4. The van der Waals surface area contributed by atoms with Crippen LogP contribution in [0.4, 0.5) is 13.2 Å².